The highest BCUT2D eigenvalue weighted by molar-refractivity contribution is 7.92. The number of hydrogen-bond acceptors (Lipinski definition) is 6. The molecule has 238 valence electrons. The number of anilines is 2. The van der Waals surface area contributed by atoms with Crippen molar-refractivity contribution in [3.05, 3.63) is 94.5 Å². The number of nitrogens with one attached hydrogen (secondary N) is 3. The van der Waals surface area contributed by atoms with Crippen molar-refractivity contribution in [2.45, 2.75) is 58.0 Å². The molecule has 4 N–H and O–H groups in total. The predicted molar refractivity (Wildman–Crippen MR) is 166 cm³/mol. The summed E-state index contributed by atoms with van der Waals surface area (Å²) in [5.74, 6) is -0.452. The van der Waals surface area contributed by atoms with E-state index in [2.05, 4.69) is 16.0 Å². The van der Waals surface area contributed by atoms with E-state index in [1.54, 1.807) is 25.1 Å². The van der Waals surface area contributed by atoms with E-state index < -0.39 is 39.8 Å². The molecule has 0 spiro atoms. The van der Waals surface area contributed by atoms with E-state index in [0.717, 1.165) is 17.7 Å². The lowest BCUT2D eigenvalue weighted by Crippen LogP contribution is -2.48. The second kappa shape index (κ2) is 14.4. The van der Waals surface area contributed by atoms with Crippen LogP contribution in [0.1, 0.15) is 52.4 Å². The molecule has 1 fully saturated rings. The normalized spacial score (nSPS) is 16.3. The minimum Gasteiger partial charge on any atom is -0.390 e. The van der Waals surface area contributed by atoms with Crippen LogP contribution in [0.3, 0.4) is 0 Å². The summed E-state index contributed by atoms with van der Waals surface area (Å²) in [5.41, 5.74) is 2.48. The number of rotatable bonds is 12. The third-order valence-electron chi connectivity index (χ3n) is 7.62. The zero-order valence-electron chi connectivity index (χ0n) is 24.8. The Bertz CT molecular complexity index is 1530. The second-order valence-corrected chi connectivity index (χ2v) is 13.0. The molecule has 0 unspecified atom stereocenters. The number of amides is 1. The van der Waals surface area contributed by atoms with Crippen molar-refractivity contribution in [3.8, 4) is 0 Å². The van der Waals surface area contributed by atoms with Crippen molar-refractivity contribution >= 4 is 27.3 Å². The number of aliphatic hydroxyl groups is 1. The van der Waals surface area contributed by atoms with Crippen LogP contribution in [0.15, 0.2) is 66.7 Å². The highest BCUT2D eigenvalue weighted by atomic mass is 32.2. The largest absolute Gasteiger partial charge is 0.416 e. The van der Waals surface area contributed by atoms with Gasteiger partial charge in [0.15, 0.2) is 0 Å². The quantitative estimate of drug-likeness (QED) is 0.227. The third kappa shape index (κ3) is 8.73. The summed E-state index contributed by atoms with van der Waals surface area (Å²) in [6.07, 6.45) is -3.97. The van der Waals surface area contributed by atoms with Crippen LogP contribution >= 0.6 is 0 Å². The van der Waals surface area contributed by atoms with Crippen LogP contribution in [-0.2, 0) is 29.2 Å². The Morgan fingerprint density at radius 1 is 1.05 bits per heavy atom. The molecule has 4 rings (SSSR count). The average Bonchev–Trinajstić information content (AvgIpc) is 2.97. The monoisotopic (exact) mass is 632 g/mol. The first-order valence-electron chi connectivity index (χ1n) is 14.7. The van der Waals surface area contributed by atoms with Gasteiger partial charge in [0.1, 0.15) is 0 Å². The maximum Gasteiger partial charge on any atom is 0.416 e. The average molecular weight is 633 g/mol. The van der Waals surface area contributed by atoms with Crippen LogP contribution in [0.2, 0.25) is 0 Å². The van der Waals surface area contributed by atoms with Crippen molar-refractivity contribution in [1.82, 2.24) is 10.6 Å². The van der Waals surface area contributed by atoms with Crippen molar-refractivity contribution in [3.63, 3.8) is 0 Å². The highest BCUT2D eigenvalue weighted by Crippen LogP contribution is 2.31. The molecule has 0 aromatic heterocycles. The fourth-order valence-electron chi connectivity index (χ4n) is 5.21. The Morgan fingerprint density at radius 3 is 2.48 bits per heavy atom. The van der Waals surface area contributed by atoms with Gasteiger partial charge in [-0.05, 0) is 80.1 Å². The minimum absolute atomic E-state index is 0.00215. The van der Waals surface area contributed by atoms with Crippen molar-refractivity contribution in [1.29, 1.82) is 0 Å². The Balaban J connectivity index is 1.54. The number of nitrogens with zero attached hydrogens (tertiary/aromatic N) is 1. The van der Waals surface area contributed by atoms with Gasteiger partial charge in [-0.15, -0.1) is 0 Å². The number of carbonyl (C=O) groups is 1. The molecular weight excluding hydrogens is 593 g/mol. The van der Waals surface area contributed by atoms with Gasteiger partial charge < -0.3 is 21.1 Å². The molecule has 0 aliphatic carbocycles. The molecule has 3 aromatic carbocycles. The summed E-state index contributed by atoms with van der Waals surface area (Å²) in [6, 6.07) is 17.0. The van der Waals surface area contributed by atoms with Gasteiger partial charge in [-0.25, -0.2) is 8.42 Å². The first-order chi connectivity index (χ1) is 20.9. The van der Waals surface area contributed by atoms with Crippen LogP contribution in [0.5, 0.6) is 0 Å². The van der Waals surface area contributed by atoms with Gasteiger partial charge in [0.2, 0.25) is 10.0 Å². The number of alkyl halides is 3. The van der Waals surface area contributed by atoms with E-state index in [-0.39, 0.29) is 30.8 Å². The van der Waals surface area contributed by atoms with Gasteiger partial charge in [0, 0.05) is 37.4 Å². The fraction of sp³-hybridized carbons (Fsp3) is 0.406. The molecule has 2 atom stereocenters. The number of sulfonamides is 1. The number of carbonyl (C=O) groups excluding carboxylic acids is 1. The van der Waals surface area contributed by atoms with E-state index in [1.165, 1.54) is 10.4 Å². The first-order valence-corrected chi connectivity index (χ1v) is 16.3. The molecule has 0 radical (unpaired) electrons. The van der Waals surface area contributed by atoms with E-state index in [1.807, 2.05) is 37.3 Å². The second-order valence-electron chi connectivity index (χ2n) is 11.0. The minimum atomic E-state index is -4.46. The predicted octanol–water partition coefficient (Wildman–Crippen LogP) is 4.87. The number of halogens is 3. The van der Waals surface area contributed by atoms with E-state index in [4.69, 9.17) is 0 Å². The molecule has 1 amide bonds. The molecule has 3 aromatic rings. The van der Waals surface area contributed by atoms with Crippen LogP contribution in [-0.4, -0.2) is 57.0 Å². The highest BCUT2D eigenvalue weighted by Gasteiger charge is 2.31. The fourth-order valence-corrected chi connectivity index (χ4v) is 6.83. The molecular formula is C32H39F3N4O4S. The number of hydrogen-bond donors (Lipinski definition) is 4. The van der Waals surface area contributed by atoms with Crippen molar-refractivity contribution < 1.29 is 31.5 Å². The molecule has 0 saturated carbocycles. The third-order valence-corrected chi connectivity index (χ3v) is 9.49. The molecule has 1 saturated heterocycles. The zero-order chi connectivity index (χ0) is 31.9. The molecule has 1 heterocycles. The Labute approximate surface area is 256 Å². The van der Waals surface area contributed by atoms with E-state index in [9.17, 15) is 31.5 Å². The molecule has 0 bridgehead atoms. The molecule has 12 heteroatoms. The van der Waals surface area contributed by atoms with Crippen LogP contribution in [0, 0.1) is 6.92 Å². The SMILES string of the molecule is CCNc1cc(C(=O)N[C@@H](Cc2ccccc2)[C@H](O)CNCc2cc(C(F)(F)F)ccc2C)cc(N2CCCCS2(=O)=O)c1. The number of aryl methyl sites for hydroxylation is 1. The number of benzene rings is 3. The zero-order valence-corrected chi connectivity index (χ0v) is 25.6. The standard InChI is InChI=1S/C32H39F3N4O4S/c1-3-37-27-17-24(18-28(19-27)39-13-7-8-14-44(39,42)43)31(41)38-29(15-23-9-5-4-6-10-23)30(40)21-36-20-25-16-26(32(33,34)35)12-11-22(25)2/h4-6,9-12,16-19,29-30,36-37,40H,3,7-8,13-15,20-21H2,1-2H3,(H,38,41)/t29-,30+/m0/s1. The van der Waals surface area contributed by atoms with Gasteiger partial charge in [-0.3, -0.25) is 9.10 Å². The lowest BCUT2D eigenvalue weighted by Gasteiger charge is -2.29. The molecule has 44 heavy (non-hydrogen) atoms. The van der Waals surface area contributed by atoms with E-state index in [0.29, 0.717) is 48.4 Å². The maximum atomic E-state index is 13.6. The van der Waals surface area contributed by atoms with Crippen molar-refractivity contribution in [2.75, 3.05) is 35.0 Å². The topological polar surface area (TPSA) is 111 Å². The number of aliphatic hydroxyl groups excluding tert-OH is 1. The van der Waals surface area contributed by atoms with Crippen LogP contribution in [0.4, 0.5) is 24.5 Å². The van der Waals surface area contributed by atoms with Gasteiger partial charge in [-0.1, -0.05) is 36.4 Å². The molecule has 8 nitrogen and oxygen atoms in total. The van der Waals surface area contributed by atoms with Crippen LogP contribution < -0.4 is 20.3 Å². The summed E-state index contributed by atoms with van der Waals surface area (Å²) in [6.45, 7) is 4.59. The first kappa shape index (κ1) is 33.3. The lowest BCUT2D eigenvalue weighted by atomic mass is 10.00. The van der Waals surface area contributed by atoms with E-state index >= 15 is 0 Å². The smallest absolute Gasteiger partial charge is 0.390 e. The Morgan fingerprint density at radius 2 is 1.80 bits per heavy atom. The van der Waals surface area contributed by atoms with Gasteiger partial charge >= 0.3 is 6.18 Å². The molecule has 1 aliphatic heterocycles. The van der Waals surface area contributed by atoms with Crippen LogP contribution in [0.25, 0.3) is 0 Å². The molecule has 1 aliphatic rings. The lowest BCUT2D eigenvalue weighted by molar-refractivity contribution is -0.137. The van der Waals surface area contributed by atoms with Gasteiger partial charge in [0.05, 0.1) is 29.1 Å². The summed E-state index contributed by atoms with van der Waals surface area (Å²) in [4.78, 5) is 13.6. The Hall–Kier alpha value is -3.61. The van der Waals surface area contributed by atoms with Crippen molar-refractivity contribution in [2.24, 2.45) is 0 Å². The van der Waals surface area contributed by atoms with Gasteiger partial charge in [0.25, 0.3) is 5.91 Å². The Kier molecular flexibility index (Phi) is 10.9. The summed E-state index contributed by atoms with van der Waals surface area (Å²) in [7, 11) is -3.51. The summed E-state index contributed by atoms with van der Waals surface area (Å²) in [5, 5.41) is 20.3. The summed E-state index contributed by atoms with van der Waals surface area (Å²) < 4.78 is 66.6. The maximum absolute atomic E-state index is 13.6. The van der Waals surface area contributed by atoms with Gasteiger partial charge in [-0.2, -0.15) is 13.2 Å². The summed E-state index contributed by atoms with van der Waals surface area (Å²) >= 11 is 0.